The first-order valence-corrected chi connectivity index (χ1v) is 5.70. The quantitative estimate of drug-likeness (QED) is 0.841. The van der Waals surface area contributed by atoms with Gasteiger partial charge in [-0.1, -0.05) is 18.7 Å². The Hall–Kier alpha value is -1.97. The zero-order valence-electron chi connectivity index (χ0n) is 11.3. The Labute approximate surface area is 109 Å². The third-order valence-electron chi connectivity index (χ3n) is 2.05. The predicted octanol–water partition coefficient (Wildman–Crippen LogP) is 2.30. The predicted molar refractivity (Wildman–Crippen MR) is 75.3 cm³/mol. The zero-order chi connectivity index (χ0) is 13.8. The van der Waals surface area contributed by atoms with Crippen LogP contribution in [0.5, 0.6) is 0 Å². The summed E-state index contributed by atoms with van der Waals surface area (Å²) >= 11 is 0. The third kappa shape index (κ3) is 8.21. The fourth-order valence-corrected chi connectivity index (χ4v) is 1.13. The highest BCUT2D eigenvalue weighted by Gasteiger charge is 1.95. The molecule has 1 rings (SSSR count). The van der Waals surface area contributed by atoms with Crippen LogP contribution in [0.4, 0.5) is 4.39 Å². The van der Waals surface area contributed by atoms with Gasteiger partial charge >= 0.3 is 0 Å². The van der Waals surface area contributed by atoms with E-state index in [-0.39, 0.29) is 5.82 Å². The van der Waals surface area contributed by atoms with E-state index in [0.717, 1.165) is 12.1 Å². The molecular weight excluding hydrogens is 229 g/mol. The van der Waals surface area contributed by atoms with Gasteiger partial charge in [-0.2, -0.15) is 0 Å². The normalized spacial score (nSPS) is 9.33. The molecule has 18 heavy (non-hydrogen) atoms. The van der Waals surface area contributed by atoms with Crippen LogP contribution < -0.4 is 10.6 Å². The van der Waals surface area contributed by atoms with Crippen LogP contribution in [0.1, 0.15) is 5.56 Å². The summed E-state index contributed by atoms with van der Waals surface area (Å²) in [4.78, 5) is 2.02. The number of hydrogen-bond donors (Lipinski definition) is 2. The summed E-state index contributed by atoms with van der Waals surface area (Å²) in [7, 11) is 5.63. The highest BCUT2D eigenvalue weighted by Crippen LogP contribution is 2.05. The van der Waals surface area contributed by atoms with Crippen LogP contribution in [0.2, 0.25) is 0 Å². The minimum absolute atomic E-state index is 0.192. The SMILES string of the molecule is C=CNC.CN/C=C/N(C)Cc1ccc(F)cc1. The first-order valence-electron chi connectivity index (χ1n) is 5.70. The molecule has 4 heteroatoms. The molecule has 0 fully saturated rings. The van der Waals surface area contributed by atoms with Gasteiger partial charge in [-0.15, -0.1) is 0 Å². The standard InChI is InChI=1S/C11H15FN2.C3H7N/c1-13-7-8-14(2)9-10-3-5-11(12)6-4-10;1-3-4-2/h3-8,13H,9H2,1-2H3;3-4H,1H2,2H3/b8-7+;. The zero-order valence-corrected chi connectivity index (χ0v) is 11.3. The first kappa shape index (κ1) is 16.0. The third-order valence-corrected chi connectivity index (χ3v) is 2.05. The van der Waals surface area contributed by atoms with Crippen molar-refractivity contribution in [3.8, 4) is 0 Å². The minimum Gasteiger partial charge on any atom is -0.394 e. The fraction of sp³-hybridized carbons (Fsp3) is 0.286. The van der Waals surface area contributed by atoms with Gasteiger partial charge in [-0.05, 0) is 23.9 Å². The average molecular weight is 251 g/mol. The summed E-state index contributed by atoms with van der Waals surface area (Å²) in [6, 6.07) is 6.54. The molecule has 0 unspecified atom stereocenters. The Kier molecular flexibility index (Phi) is 9.08. The maximum Gasteiger partial charge on any atom is 0.123 e. The van der Waals surface area contributed by atoms with Gasteiger partial charge < -0.3 is 15.5 Å². The van der Waals surface area contributed by atoms with Crippen molar-refractivity contribution in [1.82, 2.24) is 15.5 Å². The number of hydrogen-bond acceptors (Lipinski definition) is 3. The summed E-state index contributed by atoms with van der Waals surface area (Å²) in [6.45, 7) is 4.14. The van der Waals surface area contributed by atoms with E-state index >= 15 is 0 Å². The van der Waals surface area contributed by atoms with E-state index in [4.69, 9.17) is 0 Å². The Morgan fingerprint density at radius 2 is 1.78 bits per heavy atom. The van der Waals surface area contributed by atoms with Gasteiger partial charge in [0.1, 0.15) is 5.82 Å². The highest BCUT2D eigenvalue weighted by atomic mass is 19.1. The van der Waals surface area contributed by atoms with Crippen molar-refractivity contribution in [1.29, 1.82) is 0 Å². The molecule has 0 bridgehead atoms. The number of nitrogens with zero attached hydrogens (tertiary/aromatic N) is 1. The summed E-state index contributed by atoms with van der Waals surface area (Å²) in [5.41, 5.74) is 1.09. The molecule has 0 amide bonds. The van der Waals surface area contributed by atoms with Crippen molar-refractivity contribution in [2.24, 2.45) is 0 Å². The molecule has 0 aliphatic rings. The topological polar surface area (TPSA) is 27.3 Å². The molecule has 100 valence electrons. The summed E-state index contributed by atoms with van der Waals surface area (Å²) in [5, 5.41) is 5.61. The van der Waals surface area contributed by atoms with Gasteiger partial charge in [-0.3, -0.25) is 0 Å². The monoisotopic (exact) mass is 251 g/mol. The Bertz CT molecular complexity index is 347. The molecule has 0 aliphatic heterocycles. The number of benzene rings is 1. The van der Waals surface area contributed by atoms with Crippen LogP contribution in [0.15, 0.2) is 49.4 Å². The highest BCUT2D eigenvalue weighted by molar-refractivity contribution is 5.16. The molecule has 0 aromatic heterocycles. The lowest BCUT2D eigenvalue weighted by atomic mass is 10.2. The number of halogens is 1. The average Bonchev–Trinajstić information content (AvgIpc) is 2.39. The van der Waals surface area contributed by atoms with Crippen molar-refractivity contribution in [3.63, 3.8) is 0 Å². The van der Waals surface area contributed by atoms with Crippen molar-refractivity contribution in [2.45, 2.75) is 6.54 Å². The molecule has 0 spiro atoms. The number of rotatable bonds is 5. The van der Waals surface area contributed by atoms with Crippen molar-refractivity contribution >= 4 is 0 Å². The van der Waals surface area contributed by atoms with Gasteiger partial charge in [0, 0.05) is 40.1 Å². The molecule has 0 radical (unpaired) electrons. The van der Waals surface area contributed by atoms with E-state index in [1.807, 2.05) is 38.4 Å². The lowest BCUT2D eigenvalue weighted by Gasteiger charge is -2.13. The molecular formula is C14H22FN3. The van der Waals surface area contributed by atoms with E-state index in [9.17, 15) is 4.39 Å². The molecule has 3 nitrogen and oxygen atoms in total. The molecule has 0 heterocycles. The van der Waals surface area contributed by atoms with Gasteiger partial charge in [0.25, 0.3) is 0 Å². The van der Waals surface area contributed by atoms with Crippen LogP contribution in [0.25, 0.3) is 0 Å². The maximum atomic E-state index is 12.6. The lowest BCUT2D eigenvalue weighted by Crippen LogP contribution is -2.11. The van der Waals surface area contributed by atoms with Crippen molar-refractivity contribution in [2.75, 3.05) is 21.1 Å². The van der Waals surface area contributed by atoms with Gasteiger partial charge in [0.2, 0.25) is 0 Å². The van der Waals surface area contributed by atoms with Gasteiger partial charge in [0.15, 0.2) is 0 Å². The summed E-state index contributed by atoms with van der Waals surface area (Å²) in [5.74, 6) is -0.192. The molecule has 0 atom stereocenters. The molecule has 2 N–H and O–H groups in total. The van der Waals surface area contributed by atoms with Crippen LogP contribution in [0.3, 0.4) is 0 Å². The van der Waals surface area contributed by atoms with Crippen molar-refractivity contribution in [3.05, 3.63) is 60.8 Å². The lowest BCUT2D eigenvalue weighted by molar-refractivity contribution is 0.448. The van der Waals surface area contributed by atoms with Crippen molar-refractivity contribution < 1.29 is 4.39 Å². The molecule has 0 aliphatic carbocycles. The summed E-state index contributed by atoms with van der Waals surface area (Å²) < 4.78 is 12.6. The van der Waals surface area contributed by atoms with E-state index < -0.39 is 0 Å². The largest absolute Gasteiger partial charge is 0.394 e. The summed E-state index contributed by atoms with van der Waals surface area (Å²) in [6.07, 6.45) is 5.41. The van der Waals surface area contributed by atoms with Crippen LogP contribution in [-0.2, 0) is 6.54 Å². The fourth-order valence-electron chi connectivity index (χ4n) is 1.13. The second-order valence-corrected chi connectivity index (χ2v) is 3.64. The van der Waals surface area contributed by atoms with E-state index in [0.29, 0.717) is 0 Å². The number of nitrogens with one attached hydrogen (secondary N) is 2. The molecule has 1 aromatic carbocycles. The Morgan fingerprint density at radius 1 is 1.22 bits per heavy atom. The van der Waals surface area contributed by atoms with Gasteiger partial charge in [-0.25, -0.2) is 4.39 Å². The molecule has 0 saturated carbocycles. The maximum absolute atomic E-state index is 12.6. The minimum atomic E-state index is -0.192. The molecule has 1 aromatic rings. The smallest absolute Gasteiger partial charge is 0.123 e. The second-order valence-electron chi connectivity index (χ2n) is 3.64. The van der Waals surface area contributed by atoms with Gasteiger partial charge in [0.05, 0.1) is 0 Å². The molecule has 0 saturated heterocycles. The Morgan fingerprint density at radius 3 is 2.22 bits per heavy atom. The van der Waals surface area contributed by atoms with E-state index in [2.05, 4.69) is 17.2 Å². The van der Waals surface area contributed by atoms with Crippen LogP contribution >= 0.6 is 0 Å². The Balaban J connectivity index is 0.000000631. The van der Waals surface area contributed by atoms with Crippen LogP contribution in [-0.4, -0.2) is 26.0 Å². The first-order chi connectivity index (χ1) is 8.63. The van der Waals surface area contributed by atoms with E-state index in [1.165, 1.54) is 12.1 Å². The second kappa shape index (κ2) is 10.2. The van der Waals surface area contributed by atoms with E-state index in [1.54, 1.807) is 18.3 Å². The van der Waals surface area contributed by atoms with Crippen LogP contribution in [0, 0.1) is 5.82 Å².